The lowest BCUT2D eigenvalue weighted by Crippen LogP contribution is -2.21. The van der Waals surface area contributed by atoms with E-state index in [0.29, 0.717) is 5.69 Å². The van der Waals surface area contributed by atoms with Crippen LogP contribution in [0.2, 0.25) is 0 Å². The van der Waals surface area contributed by atoms with E-state index in [1.807, 2.05) is 0 Å². The van der Waals surface area contributed by atoms with E-state index in [4.69, 9.17) is 0 Å². The number of hydrogen-bond acceptors (Lipinski definition) is 5. The summed E-state index contributed by atoms with van der Waals surface area (Å²) >= 11 is 0. The fraction of sp³-hybridized carbons (Fsp3) is 0.0714. The largest absolute Gasteiger partial charge is 0.368 e. The molecule has 2 aromatic carbocycles. The molecule has 3 rings (SSSR count). The van der Waals surface area contributed by atoms with Gasteiger partial charge in [0.2, 0.25) is 0 Å². The van der Waals surface area contributed by atoms with Gasteiger partial charge in [0.05, 0.1) is 5.69 Å². The van der Waals surface area contributed by atoms with Crippen molar-refractivity contribution in [2.75, 3.05) is 4.72 Å². The molecule has 0 saturated carbocycles. The molecule has 24 heavy (non-hydrogen) atoms. The van der Waals surface area contributed by atoms with Crippen molar-refractivity contribution in [2.24, 2.45) is 7.05 Å². The number of rotatable bonds is 4. The minimum absolute atomic E-state index is 0.221. The molecule has 0 amide bonds. The molecule has 0 radical (unpaired) electrons. The average Bonchev–Trinajstić information content (AvgIpc) is 2.88. The molecule has 1 heterocycles. The lowest BCUT2D eigenvalue weighted by molar-refractivity contribution is 0.570. The van der Waals surface area contributed by atoms with Gasteiger partial charge in [0.1, 0.15) is 10.7 Å². The molecule has 0 spiro atoms. The van der Waals surface area contributed by atoms with Crippen LogP contribution in [0, 0.1) is 5.82 Å². The van der Waals surface area contributed by atoms with Crippen molar-refractivity contribution >= 4 is 15.7 Å². The summed E-state index contributed by atoms with van der Waals surface area (Å²) in [6.07, 6.45) is 0. The van der Waals surface area contributed by atoms with Crippen molar-refractivity contribution in [1.82, 2.24) is 19.8 Å². The molecule has 0 aliphatic carbocycles. The minimum Gasteiger partial charge on any atom is -0.280 e. The second-order valence-electron chi connectivity index (χ2n) is 4.88. The Morgan fingerprint density at radius 3 is 2.29 bits per heavy atom. The summed E-state index contributed by atoms with van der Waals surface area (Å²) in [6, 6.07) is 10.9. The number of benzene rings is 2. The molecule has 0 bridgehead atoms. The molecular weight excluding hydrogens is 337 g/mol. The maximum absolute atomic E-state index is 13.6. The van der Waals surface area contributed by atoms with E-state index >= 15 is 0 Å². The molecule has 0 aliphatic rings. The number of sulfonamides is 1. The highest BCUT2D eigenvalue weighted by atomic mass is 32.2. The van der Waals surface area contributed by atoms with Crippen LogP contribution in [0.15, 0.2) is 58.2 Å². The van der Waals surface area contributed by atoms with E-state index in [1.54, 1.807) is 0 Å². The summed E-state index contributed by atoms with van der Waals surface area (Å²) in [6.45, 7) is 0. The molecule has 1 N–H and O–H groups in total. The Labute approximate surface area is 136 Å². The van der Waals surface area contributed by atoms with Crippen molar-refractivity contribution in [2.45, 2.75) is 4.90 Å². The van der Waals surface area contributed by atoms with Crippen LogP contribution >= 0.6 is 0 Å². The van der Waals surface area contributed by atoms with Gasteiger partial charge in [-0.3, -0.25) is 4.72 Å². The molecule has 1 aromatic heterocycles. The SMILES string of the molecule is Cn1nnn(-c2ccc(NS(=O)(=O)c3ccccc3F)cc2)c1=O. The van der Waals surface area contributed by atoms with Crippen molar-refractivity contribution in [3.05, 3.63) is 64.8 Å². The van der Waals surface area contributed by atoms with Crippen LogP contribution in [0.5, 0.6) is 0 Å². The molecular formula is C14H12FN5O3S. The van der Waals surface area contributed by atoms with Crippen LogP contribution in [0.4, 0.5) is 10.1 Å². The second kappa shape index (κ2) is 5.89. The number of nitrogens with zero attached hydrogens (tertiary/aromatic N) is 4. The van der Waals surface area contributed by atoms with Crippen LogP contribution in [0.3, 0.4) is 0 Å². The summed E-state index contributed by atoms with van der Waals surface area (Å²) in [5, 5.41) is 7.27. The molecule has 3 aromatic rings. The summed E-state index contributed by atoms with van der Waals surface area (Å²) < 4.78 is 42.5. The molecule has 0 saturated heterocycles. The average molecular weight is 349 g/mol. The predicted octanol–water partition coefficient (Wildman–Crippen LogP) is 0.906. The van der Waals surface area contributed by atoms with Crippen LogP contribution < -0.4 is 10.4 Å². The smallest absolute Gasteiger partial charge is 0.280 e. The number of aryl methyl sites for hydroxylation is 1. The van der Waals surface area contributed by atoms with Gasteiger partial charge in [-0.2, -0.15) is 9.36 Å². The fourth-order valence-electron chi connectivity index (χ4n) is 2.02. The third kappa shape index (κ3) is 2.91. The molecule has 8 nitrogen and oxygen atoms in total. The highest BCUT2D eigenvalue weighted by Gasteiger charge is 2.18. The van der Waals surface area contributed by atoms with Crippen LogP contribution in [0.25, 0.3) is 5.69 Å². The van der Waals surface area contributed by atoms with Gasteiger partial charge in [0.15, 0.2) is 0 Å². The number of halogens is 1. The lowest BCUT2D eigenvalue weighted by atomic mass is 10.3. The zero-order valence-electron chi connectivity index (χ0n) is 12.4. The molecule has 0 aliphatic heterocycles. The van der Waals surface area contributed by atoms with E-state index in [0.717, 1.165) is 15.4 Å². The Bertz CT molecular complexity index is 1040. The van der Waals surface area contributed by atoms with Crippen LogP contribution in [0.1, 0.15) is 0 Å². The third-order valence-electron chi connectivity index (χ3n) is 3.21. The molecule has 0 atom stereocenters. The summed E-state index contributed by atoms with van der Waals surface area (Å²) in [4.78, 5) is 11.3. The Morgan fingerprint density at radius 2 is 1.71 bits per heavy atom. The monoisotopic (exact) mass is 349 g/mol. The number of tetrazole rings is 1. The Morgan fingerprint density at radius 1 is 1.04 bits per heavy atom. The maximum atomic E-state index is 13.6. The number of anilines is 1. The van der Waals surface area contributed by atoms with Gasteiger partial charge in [-0.15, -0.1) is 0 Å². The van der Waals surface area contributed by atoms with Crippen molar-refractivity contribution < 1.29 is 12.8 Å². The topological polar surface area (TPSA) is 98.9 Å². The lowest BCUT2D eigenvalue weighted by Gasteiger charge is -2.09. The van der Waals surface area contributed by atoms with Crippen molar-refractivity contribution in [3.8, 4) is 5.69 Å². The van der Waals surface area contributed by atoms with Gasteiger partial charge < -0.3 is 0 Å². The zero-order valence-corrected chi connectivity index (χ0v) is 13.2. The number of hydrogen-bond donors (Lipinski definition) is 1. The van der Waals surface area contributed by atoms with E-state index in [2.05, 4.69) is 15.1 Å². The van der Waals surface area contributed by atoms with E-state index in [-0.39, 0.29) is 5.69 Å². The first kappa shape index (κ1) is 15.9. The van der Waals surface area contributed by atoms with Gasteiger partial charge in [-0.25, -0.2) is 17.6 Å². The van der Waals surface area contributed by atoms with E-state index < -0.39 is 26.4 Å². The highest BCUT2D eigenvalue weighted by molar-refractivity contribution is 7.92. The summed E-state index contributed by atoms with van der Waals surface area (Å²) in [7, 11) is -2.59. The Hall–Kier alpha value is -3.01. The number of aromatic nitrogens is 4. The molecule has 0 fully saturated rings. The minimum atomic E-state index is -4.05. The predicted molar refractivity (Wildman–Crippen MR) is 83.8 cm³/mol. The van der Waals surface area contributed by atoms with Gasteiger partial charge in [-0.05, 0) is 46.8 Å². The quantitative estimate of drug-likeness (QED) is 0.755. The van der Waals surface area contributed by atoms with Crippen molar-refractivity contribution in [1.29, 1.82) is 0 Å². The van der Waals surface area contributed by atoms with E-state index in [9.17, 15) is 17.6 Å². The van der Waals surface area contributed by atoms with Gasteiger partial charge in [-0.1, -0.05) is 12.1 Å². The highest BCUT2D eigenvalue weighted by Crippen LogP contribution is 2.19. The second-order valence-corrected chi connectivity index (χ2v) is 6.53. The first-order valence-electron chi connectivity index (χ1n) is 6.75. The summed E-state index contributed by atoms with van der Waals surface area (Å²) in [5.74, 6) is -0.840. The number of nitrogens with one attached hydrogen (secondary N) is 1. The standard InChI is InChI=1S/C14H12FN5O3S/c1-19-14(21)20(18-17-19)11-8-6-10(7-9-11)16-24(22,23)13-5-3-2-4-12(13)15/h2-9,16H,1H3. The fourth-order valence-corrected chi connectivity index (χ4v) is 3.16. The Balaban J connectivity index is 1.88. The van der Waals surface area contributed by atoms with Gasteiger partial charge in [0.25, 0.3) is 10.0 Å². The Kier molecular flexibility index (Phi) is 3.89. The third-order valence-corrected chi connectivity index (χ3v) is 4.63. The molecule has 0 unspecified atom stereocenters. The van der Waals surface area contributed by atoms with Crippen LogP contribution in [-0.2, 0) is 17.1 Å². The molecule has 124 valence electrons. The maximum Gasteiger partial charge on any atom is 0.368 e. The zero-order chi connectivity index (χ0) is 17.3. The first-order chi connectivity index (χ1) is 11.4. The van der Waals surface area contributed by atoms with E-state index in [1.165, 1.54) is 49.5 Å². The van der Waals surface area contributed by atoms with Gasteiger partial charge in [0, 0.05) is 12.7 Å². The normalized spacial score (nSPS) is 11.4. The summed E-state index contributed by atoms with van der Waals surface area (Å²) in [5.41, 5.74) is 0.204. The van der Waals surface area contributed by atoms with Gasteiger partial charge >= 0.3 is 5.69 Å². The molecule has 10 heteroatoms. The first-order valence-corrected chi connectivity index (χ1v) is 8.23. The van der Waals surface area contributed by atoms with Crippen LogP contribution in [-0.4, -0.2) is 28.2 Å². The van der Waals surface area contributed by atoms with Crippen molar-refractivity contribution in [3.63, 3.8) is 0 Å².